The topological polar surface area (TPSA) is 150 Å². The standard InChI is InChI=1S/C36H45ClN4O7/c1-19-16-20(2)23(5)48-36(46)31(47-7)30(24-12-14-25(42)15-13-24)40-34(44)29(18-27-26-10-8-9-11-28(26)39-32(27)37)41(6)35(45)22(4)38-33(43)21(3)17-19/h8-16,20-23,29-31,39,42H,17-18H2,1-7H3,(H,38,43)(H,40,44)/b19-16-/t20-,21+,22+,23-,29-,30+,31+/m1/s1. The van der Waals surface area contributed by atoms with Crippen LogP contribution in [0.1, 0.15) is 58.2 Å². The fourth-order valence-electron chi connectivity index (χ4n) is 6.06. The van der Waals surface area contributed by atoms with Crippen LogP contribution in [0.3, 0.4) is 0 Å². The van der Waals surface area contributed by atoms with Crippen molar-refractivity contribution in [2.75, 3.05) is 14.2 Å². The van der Waals surface area contributed by atoms with Crippen molar-refractivity contribution in [2.45, 2.75) is 77.8 Å². The van der Waals surface area contributed by atoms with Crippen LogP contribution in [-0.4, -0.2) is 77.1 Å². The molecule has 12 heteroatoms. The number of aromatic nitrogens is 1. The summed E-state index contributed by atoms with van der Waals surface area (Å²) in [5, 5.41) is 16.8. The number of para-hydroxylation sites is 1. The molecule has 7 atom stereocenters. The van der Waals surface area contributed by atoms with Crippen molar-refractivity contribution in [3.05, 3.63) is 76.5 Å². The summed E-state index contributed by atoms with van der Waals surface area (Å²) in [6, 6.07) is 10.3. The predicted molar refractivity (Wildman–Crippen MR) is 183 cm³/mol. The van der Waals surface area contributed by atoms with Gasteiger partial charge in [0.25, 0.3) is 0 Å². The van der Waals surface area contributed by atoms with Crippen LogP contribution in [0.5, 0.6) is 5.75 Å². The number of H-pyrrole nitrogens is 1. The molecule has 0 saturated carbocycles. The van der Waals surface area contributed by atoms with E-state index in [1.165, 1.54) is 31.2 Å². The minimum absolute atomic E-state index is 0.00560. The molecule has 0 bridgehead atoms. The number of esters is 1. The molecule has 2 aromatic carbocycles. The number of methoxy groups -OCH3 is 1. The van der Waals surface area contributed by atoms with Gasteiger partial charge in [0.05, 0.1) is 6.04 Å². The summed E-state index contributed by atoms with van der Waals surface area (Å²) in [4.78, 5) is 59.6. The van der Waals surface area contributed by atoms with Gasteiger partial charge in [0.15, 0.2) is 6.10 Å². The van der Waals surface area contributed by atoms with Gasteiger partial charge in [0.1, 0.15) is 29.1 Å². The second kappa shape index (κ2) is 15.7. The Morgan fingerprint density at radius 3 is 2.31 bits per heavy atom. The van der Waals surface area contributed by atoms with E-state index in [4.69, 9.17) is 21.1 Å². The van der Waals surface area contributed by atoms with Crippen LogP contribution in [0.2, 0.25) is 5.15 Å². The number of carbonyl (C=O) groups excluding carboxylic acids is 4. The number of rotatable bonds is 4. The lowest BCUT2D eigenvalue weighted by molar-refractivity contribution is -0.164. The first-order valence-electron chi connectivity index (χ1n) is 16.0. The Labute approximate surface area is 286 Å². The summed E-state index contributed by atoms with van der Waals surface area (Å²) in [6.45, 7) is 8.94. The van der Waals surface area contributed by atoms with E-state index in [9.17, 15) is 24.3 Å². The smallest absolute Gasteiger partial charge is 0.338 e. The highest BCUT2D eigenvalue weighted by Gasteiger charge is 2.38. The number of cyclic esters (lactones) is 1. The molecule has 3 aromatic rings. The van der Waals surface area contributed by atoms with Crippen LogP contribution < -0.4 is 10.6 Å². The molecule has 1 aliphatic rings. The maximum atomic E-state index is 14.4. The average molecular weight is 681 g/mol. The van der Waals surface area contributed by atoms with Gasteiger partial charge in [0.2, 0.25) is 17.7 Å². The van der Waals surface area contributed by atoms with Crippen molar-refractivity contribution in [1.82, 2.24) is 20.5 Å². The lowest BCUT2D eigenvalue weighted by Crippen LogP contribution is -2.56. The van der Waals surface area contributed by atoms with E-state index in [-0.39, 0.29) is 24.0 Å². The number of hydrogen-bond acceptors (Lipinski definition) is 7. The summed E-state index contributed by atoms with van der Waals surface area (Å²) in [6.07, 6.45) is 0.547. The van der Waals surface area contributed by atoms with E-state index in [1.807, 2.05) is 44.2 Å². The Bertz CT molecular complexity index is 1670. The van der Waals surface area contributed by atoms with E-state index in [0.717, 1.165) is 16.5 Å². The quantitative estimate of drug-likeness (QED) is 0.228. The molecule has 0 spiro atoms. The third-order valence-corrected chi connectivity index (χ3v) is 9.33. The van der Waals surface area contributed by atoms with Crippen molar-refractivity contribution >= 4 is 46.2 Å². The van der Waals surface area contributed by atoms with Crippen LogP contribution in [0.15, 0.2) is 60.2 Å². The fraction of sp³-hybridized carbons (Fsp3) is 0.444. The number of amides is 3. The summed E-state index contributed by atoms with van der Waals surface area (Å²) < 4.78 is 11.6. The number of fused-ring (bicyclic) bond motifs is 1. The van der Waals surface area contributed by atoms with Crippen molar-refractivity contribution in [3.8, 4) is 5.75 Å². The van der Waals surface area contributed by atoms with Crippen LogP contribution >= 0.6 is 11.6 Å². The van der Waals surface area contributed by atoms with E-state index < -0.39 is 54.0 Å². The summed E-state index contributed by atoms with van der Waals surface area (Å²) in [7, 11) is 2.84. The van der Waals surface area contributed by atoms with Crippen LogP contribution in [0.4, 0.5) is 0 Å². The van der Waals surface area contributed by atoms with Gasteiger partial charge in [-0.3, -0.25) is 14.4 Å². The molecule has 0 aliphatic carbocycles. The van der Waals surface area contributed by atoms with Gasteiger partial charge < -0.3 is 35.1 Å². The number of carbonyl (C=O) groups is 4. The zero-order valence-electron chi connectivity index (χ0n) is 28.4. The Morgan fingerprint density at radius 1 is 0.979 bits per heavy atom. The molecule has 2 heterocycles. The number of halogens is 1. The lowest BCUT2D eigenvalue weighted by atomic mass is 9.95. The first-order valence-corrected chi connectivity index (χ1v) is 16.4. The number of benzene rings is 2. The van der Waals surface area contributed by atoms with E-state index in [1.54, 1.807) is 32.9 Å². The molecule has 48 heavy (non-hydrogen) atoms. The molecule has 0 unspecified atom stereocenters. The second-order valence-corrected chi connectivity index (χ2v) is 13.1. The van der Waals surface area contributed by atoms with Crippen LogP contribution in [-0.2, 0) is 35.1 Å². The molecule has 0 radical (unpaired) electrons. The van der Waals surface area contributed by atoms with E-state index >= 15 is 0 Å². The first kappa shape index (κ1) is 36.5. The summed E-state index contributed by atoms with van der Waals surface area (Å²) in [5.74, 6) is -2.76. The zero-order chi connectivity index (χ0) is 35.3. The Kier molecular flexibility index (Phi) is 11.9. The summed E-state index contributed by atoms with van der Waals surface area (Å²) in [5.41, 5.74) is 2.77. The molecule has 3 amide bonds. The molecule has 11 nitrogen and oxygen atoms in total. The Hall–Kier alpha value is -4.35. The lowest BCUT2D eigenvalue weighted by Gasteiger charge is -2.33. The van der Waals surface area contributed by atoms with E-state index in [0.29, 0.717) is 22.7 Å². The predicted octanol–water partition coefficient (Wildman–Crippen LogP) is 4.83. The highest BCUT2D eigenvalue weighted by atomic mass is 35.5. The highest BCUT2D eigenvalue weighted by molar-refractivity contribution is 6.31. The van der Waals surface area contributed by atoms with Gasteiger partial charge in [-0.1, -0.05) is 67.4 Å². The first-order chi connectivity index (χ1) is 22.7. The number of nitrogens with one attached hydrogen (secondary N) is 3. The minimum atomic E-state index is -1.28. The number of aromatic amines is 1. The van der Waals surface area contributed by atoms with Gasteiger partial charge in [-0.25, -0.2) is 4.79 Å². The van der Waals surface area contributed by atoms with Crippen molar-refractivity contribution in [2.24, 2.45) is 11.8 Å². The maximum Gasteiger partial charge on any atom is 0.338 e. The number of phenols is 1. The minimum Gasteiger partial charge on any atom is -0.508 e. The van der Waals surface area contributed by atoms with Gasteiger partial charge in [-0.05, 0) is 56.5 Å². The Morgan fingerprint density at radius 2 is 1.65 bits per heavy atom. The molecule has 258 valence electrons. The van der Waals surface area contributed by atoms with Crippen molar-refractivity contribution in [3.63, 3.8) is 0 Å². The fourth-order valence-corrected chi connectivity index (χ4v) is 6.34. The average Bonchev–Trinajstić information content (AvgIpc) is 3.36. The number of allylic oxidation sites excluding steroid dienone is 1. The normalized spacial score (nSPS) is 28.1. The molecule has 1 aliphatic heterocycles. The largest absolute Gasteiger partial charge is 0.508 e. The molecule has 0 fully saturated rings. The van der Waals surface area contributed by atoms with E-state index in [2.05, 4.69) is 15.6 Å². The number of ether oxygens (including phenoxy) is 2. The molecule has 4 rings (SSSR count). The van der Waals surface area contributed by atoms with Crippen molar-refractivity contribution in [1.29, 1.82) is 0 Å². The number of aromatic hydroxyl groups is 1. The monoisotopic (exact) mass is 680 g/mol. The van der Waals surface area contributed by atoms with Gasteiger partial charge in [-0.2, -0.15) is 0 Å². The molecular weight excluding hydrogens is 636 g/mol. The molecule has 4 N–H and O–H groups in total. The molecule has 0 saturated heterocycles. The van der Waals surface area contributed by atoms with Gasteiger partial charge in [0, 0.05) is 43.3 Å². The second-order valence-electron chi connectivity index (χ2n) is 12.7. The SMILES string of the molecule is CO[C@@H]1C(=O)O[C@H](C)[C@H](C)/C=C(/C)C[C@H](C)C(=O)N[C@@H](C)C(=O)N(C)[C@H](Cc2c(Cl)[nH]c3ccccc23)C(=O)N[C@H]1c1ccc(O)cc1. The van der Waals surface area contributed by atoms with Crippen molar-refractivity contribution < 1.29 is 33.8 Å². The number of nitrogens with zero attached hydrogens (tertiary/aromatic N) is 1. The highest BCUT2D eigenvalue weighted by Crippen LogP contribution is 2.30. The van der Waals surface area contributed by atoms with Crippen LogP contribution in [0.25, 0.3) is 10.9 Å². The molecular formula is C36H45ClN4O7. The third kappa shape index (κ3) is 8.38. The molecule has 1 aromatic heterocycles. The number of hydrogen-bond donors (Lipinski definition) is 4. The number of phenolic OH excluding ortho intramolecular Hbond substituents is 1. The maximum absolute atomic E-state index is 14.4. The Balaban J connectivity index is 1.82. The summed E-state index contributed by atoms with van der Waals surface area (Å²) >= 11 is 6.65. The van der Waals surface area contributed by atoms with Gasteiger partial charge in [-0.15, -0.1) is 0 Å². The van der Waals surface area contributed by atoms with Crippen LogP contribution in [0, 0.1) is 11.8 Å². The van der Waals surface area contributed by atoms with Gasteiger partial charge >= 0.3 is 5.97 Å². The zero-order valence-corrected chi connectivity index (χ0v) is 29.1. The third-order valence-electron chi connectivity index (χ3n) is 9.01. The number of likely N-dealkylation sites (N-methyl/N-ethyl adjacent to an activating group) is 1.